The van der Waals surface area contributed by atoms with Gasteiger partial charge in [-0.2, -0.15) is 8.42 Å². The van der Waals surface area contributed by atoms with Gasteiger partial charge in [-0.1, -0.05) is 35.9 Å². The third-order valence-corrected chi connectivity index (χ3v) is 5.57. The van der Waals surface area contributed by atoms with E-state index < -0.39 is 15.8 Å². The Balaban J connectivity index is 1.85. The first-order chi connectivity index (χ1) is 12.3. The van der Waals surface area contributed by atoms with Crippen molar-refractivity contribution in [1.82, 2.24) is 0 Å². The summed E-state index contributed by atoms with van der Waals surface area (Å²) in [6, 6.07) is 15.4. The van der Waals surface area contributed by atoms with Crippen LogP contribution in [0, 0.1) is 6.92 Å². The zero-order chi connectivity index (χ0) is 18.8. The topological polar surface area (TPSA) is 65.1 Å². The molecule has 7 heteroatoms. The van der Waals surface area contributed by atoms with Crippen molar-refractivity contribution in [3.8, 4) is 0 Å². The number of sulfonamides is 1. The Morgan fingerprint density at radius 2 is 1.77 bits per heavy atom. The molecule has 3 rings (SSSR count). The Labute approximate surface area is 154 Å². The van der Waals surface area contributed by atoms with Crippen LogP contribution < -0.4 is 4.47 Å². The summed E-state index contributed by atoms with van der Waals surface area (Å²) in [5, 5.41) is 0. The molecule has 0 radical (unpaired) electrons. The van der Waals surface area contributed by atoms with Crippen molar-refractivity contribution in [2.75, 3.05) is 17.7 Å². The van der Waals surface area contributed by atoms with E-state index in [2.05, 4.69) is 0 Å². The second-order valence-electron chi connectivity index (χ2n) is 6.63. The van der Waals surface area contributed by atoms with Crippen LogP contribution in [-0.4, -0.2) is 33.5 Å². The van der Waals surface area contributed by atoms with E-state index in [-0.39, 0.29) is 17.6 Å². The molecular formula is C19H23NO5S. The molecule has 0 bridgehead atoms. The lowest BCUT2D eigenvalue weighted by molar-refractivity contribution is -0.144. The number of nitrogens with zero attached hydrogens (tertiary/aromatic N) is 1. The number of rotatable bonds is 6. The van der Waals surface area contributed by atoms with Gasteiger partial charge in [0, 0.05) is 0 Å². The van der Waals surface area contributed by atoms with Crippen LogP contribution in [0.15, 0.2) is 59.5 Å². The lowest BCUT2D eigenvalue weighted by Crippen LogP contribution is -2.35. The average Bonchev–Trinajstić information content (AvgIpc) is 2.95. The second-order valence-corrected chi connectivity index (χ2v) is 8.38. The van der Waals surface area contributed by atoms with E-state index in [9.17, 15) is 8.42 Å². The number of hydrogen-bond acceptors (Lipinski definition) is 5. The molecule has 2 aromatic rings. The molecule has 1 aliphatic rings. The van der Waals surface area contributed by atoms with Crippen LogP contribution in [0.25, 0.3) is 0 Å². The Morgan fingerprint density at radius 1 is 1.12 bits per heavy atom. The molecule has 1 heterocycles. The molecule has 1 fully saturated rings. The first-order valence-corrected chi connectivity index (χ1v) is 9.84. The van der Waals surface area contributed by atoms with Gasteiger partial charge in [-0.25, -0.2) is 0 Å². The molecule has 0 aliphatic carbocycles. The summed E-state index contributed by atoms with van der Waals surface area (Å²) in [5.74, 6) is -0.693. The predicted octanol–water partition coefficient (Wildman–Crippen LogP) is 3.27. The van der Waals surface area contributed by atoms with Gasteiger partial charge in [0.2, 0.25) is 0 Å². The predicted molar refractivity (Wildman–Crippen MR) is 98.1 cm³/mol. The minimum Gasteiger partial charge on any atom is -0.348 e. The van der Waals surface area contributed by atoms with Crippen molar-refractivity contribution in [3.05, 3.63) is 60.2 Å². The van der Waals surface area contributed by atoms with Crippen molar-refractivity contribution < 1.29 is 22.7 Å². The summed E-state index contributed by atoms with van der Waals surface area (Å²) >= 11 is 0. The zero-order valence-corrected chi connectivity index (χ0v) is 15.9. The third kappa shape index (κ3) is 4.24. The van der Waals surface area contributed by atoms with Gasteiger partial charge in [0.1, 0.15) is 12.7 Å². The van der Waals surface area contributed by atoms with E-state index in [4.69, 9.17) is 14.3 Å². The van der Waals surface area contributed by atoms with Crippen molar-refractivity contribution in [2.45, 2.75) is 37.6 Å². The summed E-state index contributed by atoms with van der Waals surface area (Å²) in [4.78, 5) is 5.86. The molecule has 6 nitrogen and oxygen atoms in total. The van der Waals surface area contributed by atoms with Crippen molar-refractivity contribution in [3.63, 3.8) is 0 Å². The highest BCUT2D eigenvalue weighted by Gasteiger charge is 2.34. The number of ether oxygens (including phenoxy) is 2. The zero-order valence-electron chi connectivity index (χ0n) is 15.1. The monoisotopic (exact) mass is 377 g/mol. The fourth-order valence-electron chi connectivity index (χ4n) is 2.63. The van der Waals surface area contributed by atoms with Crippen LogP contribution in [0.3, 0.4) is 0 Å². The number of para-hydroxylation sites is 1. The third-order valence-electron chi connectivity index (χ3n) is 3.95. The molecule has 1 unspecified atom stereocenters. The summed E-state index contributed by atoms with van der Waals surface area (Å²) in [7, 11) is -3.88. The summed E-state index contributed by atoms with van der Waals surface area (Å²) in [5.41, 5.74) is 1.40. The van der Waals surface area contributed by atoms with Gasteiger partial charge in [0.15, 0.2) is 5.79 Å². The highest BCUT2D eigenvalue weighted by molar-refractivity contribution is 7.92. The van der Waals surface area contributed by atoms with E-state index in [1.54, 1.807) is 48.5 Å². The highest BCUT2D eigenvalue weighted by Crippen LogP contribution is 2.27. The van der Waals surface area contributed by atoms with Gasteiger partial charge >= 0.3 is 0 Å². The highest BCUT2D eigenvalue weighted by atomic mass is 32.2. The van der Waals surface area contributed by atoms with E-state index in [0.29, 0.717) is 12.3 Å². The first-order valence-electron chi connectivity index (χ1n) is 8.40. The molecule has 1 saturated heterocycles. The molecule has 0 aromatic heterocycles. The Bertz CT molecular complexity index is 834. The van der Waals surface area contributed by atoms with E-state index in [1.165, 1.54) is 0 Å². The van der Waals surface area contributed by atoms with Crippen molar-refractivity contribution in [1.29, 1.82) is 0 Å². The Kier molecular flexibility index (Phi) is 5.34. The smallest absolute Gasteiger partial charge is 0.286 e. The number of hydrogen-bond donors (Lipinski definition) is 0. The Hall–Kier alpha value is -1.93. The van der Waals surface area contributed by atoms with Crippen LogP contribution in [0.4, 0.5) is 5.69 Å². The molecule has 0 amide bonds. The van der Waals surface area contributed by atoms with Crippen LogP contribution >= 0.6 is 0 Å². The number of anilines is 1. The molecule has 2 aromatic carbocycles. The number of benzene rings is 2. The molecule has 26 heavy (non-hydrogen) atoms. The lowest BCUT2D eigenvalue weighted by atomic mass is 10.2. The van der Waals surface area contributed by atoms with Gasteiger partial charge in [-0.15, -0.1) is 4.47 Å². The van der Waals surface area contributed by atoms with E-state index in [0.717, 1.165) is 10.0 Å². The summed E-state index contributed by atoms with van der Waals surface area (Å²) in [6.07, 6.45) is -0.343. The second kappa shape index (κ2) is 7.36. The maximum absolute atomic E-state index is 13.1. The van der Waals surface area contributed by atoms with Crippen LogP contribution in [0.2, 0.25) is 0 Å². The molecule has 0 saturated carbocycles. The quantitative estimate of drug-likeness (QED) is 0.723. The minimum absolute atomic E-state index is 0.0589. The minimum atomic E-state index is -3.88. The van der Waals surface area contributed by atoms with Gasteiger partial charge in [0.25, 0.3) is 10.0 Å². The molecule has 1 atom stereocenters. The van der Waals surface area contributed by atoms with Crippen LogP contribution in [-0.2, 0) is 24.3 Å². The maximum atomic E-state index is 13.1. The van der Waals surface area contributed by atoms with Crippen molar-refractivity contribution >= 4 is 15.7 Å². The Morgan fingerprint density at radius 3 is 2.35 bits per heavy atom. The molecule has 0 N–H and O–H groups in total. The standard InChI is InChI=1S/C19H23NO5S/c1-15-9-11-18(12-10-15)26(21,22)20(16-7-5-4-6-8-16)24-14-17-13-23-19(2,3)25-17/h4-12,17H,13-14H2,1-3H3. The van der Waals surface area contributed by atoms with E-state index in [1.807, 2.05) is 26.8 Å². The van der Waals surface area contributed by atoms with E-state index >= 15 is 0 Å². The molecule has 1 aliphatic heterocycles. The molecule has 140 valence electrons. The molecule has 0 spiro atoms. The normalized spacial score (nSPS) is 19.4. The first kappa shape index (κ1) is 18.8. The van der Waals surface area contributed by atoms with Crippen molar-refractivity contribution in [2.24, 2.45) is 0 Å². The van der Waals surface area contributed by atoms with Gasteiger partial charge in [0.05, 0.1) is 17.2 Å². The van der Waals surface area contributed by atoms with Gasteiger partial charge < -0.3 is 9.47 Å². The van der Waals surface area contributed by atoms with Gasteiger partial charge in [-0.05, 0) is 45.0 Å². The van der Waals surface area contributed by atoms with Crippen LogP contribution in [0.1, 0.15) is 19.4 Å². The average molecular weight is 377 g/mol. The summed E-state index contributed by atoms with van der Waals surface area (Å²) in [6.45, 7) is 5.93. The van der Waals surface area contributed by atoms with Gasteiger partial charge in [-0.3, -0.25) is 4.84 Å². The molecular weight excluding hydrogens is 354 g/mol. The largest absolute Gasteiger partial charge is 0.348 e. The maximum Gasteiger partial charge on any atom is 0.286 e. The SMILES string of the molecule is Cc1ccc(S(=O)(=O)N(OCC2COC(C)(C)O2)c2ccccc2)cc1. The fraction of sp³-hybridized carbons (Fsp3) is 0.368. The van der Waals surface area contributed by atoms with Crippen LogP contribution in [0.5, 0.6) is 0 Å². The summed E-state index contributed by atoms with van der Waals surface area (Å²) < 4.78 is 38.4. The number of aryl methyl sites for hydroxylation is 1. The fourth-order valence-corrected chi connectivity index (χ4v) is 3.90. The lowest BCUT2D eigenvalue weighted by Gasteiger charge is -2.25.